The van der Waals surface area contributed by atoms with E-state index in [4.69, 9.17) is 12.2 Å². The van der Waals surface area contributed by atoms with Gasteiger partial charge in [-0.05, 0) is 43.8 Å². The van der Waals surface area contributed by atoms with Crippen LogP contribution in [0.15, 0.2) is 28.7 Å². The molecule has 82 valence electrons. The summed E-state index contributed by atoms with van der Waals surface area (Å²) in [4.78, 5) is 0. The maximum absolute atomic E-state index is 5.13. The summed E-state index contributed by atoms with van der Waals surface area (Å²) in [7, 11) is 0. The summed E-state index contributed by atoms with van der Waals surface area (Å²) in [6.45, 7) is 4.87. The average molecular weight is 287 g/mol. The first-order valence-corrected chi connectivity index (χ1v) is 6.07. The Morgan fingerprint density at radius 3 is 2.80 bits per heavy atom. The van der Waals surface area contributed by atoms with Gasteiger partial charge in [0.05, 0.1) is 0 Å². The van der Waals surface area contributed by atoms with Crippen molar-refractivity contribution in [2.24, 2.45) is 0 Å². The number of halogens is 1. The minimum absolute atomic E-state index is 0.368. The molecule has 0 aliphatic heterocycles. The third kappa shape index (κ3) is 5.14. The maximum atomic E-state index is 5.13. The highest BCUT2D eigenvalue weighted by molar-refractivity contribution is 9.10. The standard InChI is InChI=1S/C11H15BrN2S/c1-8(2)14-11(15)13-7-9-4-3-5-10(12)6-9/h3-6,8H,7H2,1-2H3,(H2,13,14,15). The Balaban J connectivity index is 2.40. The van der Waals surface area contributed by atoms with E-state index in [9.17, 15) is 0 Å². The van der Waals surface area contributed by atoms with Gasteiger partial charge in [-0.3, -0.25) is 0 Å². The Morgan fingerprint density at radius 1 is 1.47 bits per heavy atom. The second kappa shape index (κ2) is 6.08. The molecule has 0 radical (unpaired) electrons. The predicted octanol–water partition coefficient (Wildman–Crippen LogP) is 2.82. The minimum atomic E-state index is 0.368. The summed E-state index contributed by atoms with van der Waals surface area (Å²) >= 11 is 8.56. The number of thiocarbonyl (C=S) groups is 1. The van der Waals surface area contributed by atoms with E-state index >= 15 is 0 Å². The van der Waals surface area contributed by atoms with Gasteiger partial charge in [-0.2, -0.15) is 0 Å². The molecule has 0 atom stereocenters. The van der Waals surface area contributed by atoms with E-state index in [-0.39, 0.29) is 0 Å². The zero-order valence-electron chi connectivity index (χ0n) is 8.88. The van der Waals surface area contributed by atoms with Crippen LogP contribution in [0.4, 0.5) is 0 Å². The van der Waals surface area contributed by atoms with Gasteiger partial charge in [0.2, 0.25) is 0 Å². The molecule has 0 unspecified atom stereocenters. The second-order valence-corrected chi connectivity index (χ2v) is 4.94. The second-order valence-electron chi connectivity index (χ2n) is 3.61. The summed E-state index contributed by atoms with van der Waals surface area (Å²) in [5.41, 5.74) is 1.21. The first-order chi connectivity index (χ1) is 7.08. The SMILES string of the molecule is CC(C)NC(=S)NCc1cccc(Br)c1. The Kier molecular flexibility index (Phi) is 5.05. The topological polar surface area (TPSA) is 24.1 Å². The molecular weight excluding hydrogens is 272 g/mol. The van der Waals surface area contributed by atoms with Crippen LogP contribution in [-0.4, -0.2) is 11.2 Å². The fourth-order valence-electron chi connectivity index (χ4n) is 1.14. The Hall–Kier alpha value is -0.610. The van der Waals surface area contributed by atoms with E-state index < -0.39 is 0 Å². The van der Waals surface area contributed by atoms with Crippen molar-refractivity contribution < 1.29 is 0 Å². The molecule has 0 saturated carbocycles. The molecule has 4 heteroatoms. The van der Waals surface area contributed by atoms with Crippen LogP contribution in [0.25, 0.3) is 0 Å². The minimum Gasteiger partial charge on any atom is -0.361 e. The summed E-state index contributed by atoms with van der Waals surface area (Å²) in [6.07, 6.45) is 0. The fourth-order valence-corrected chi connectivity index (χ4v) is 1.90. The zero-order valence-corrected chi connectivity index (χ0v) is 11.3. The van der Waals surface area contributed by atoms with E-state index in [1.807, 2.05) is 12.1 Å². The van der Waals surface area contributed by atoms with Crippen molar-refractivity contribution in [3.8, 4) is 0 Å². The van der Waals surface area contributed by atoms with E-state index in [1.54, 1.807) is 0 Å². The molecule has 0 bridgehead atoms. The molecule has 1 rings (SSSR count). The molecule has 1 aromatic rings. The number of hydrogen-bond acceptors (Lipinski definition) is 1. The van der Waals surface area contributed by atoms with Gasteiger partial charge in [-0.15, -0.1) is 0 Å². The van der Waals surface area contributed by atoms with Crippen LogP contribution in [0.1, 0.15) is 19.4 Å². The van der Waals surface area contributed by atoms with Gasteiger partial charge in [0, 0.05) is 17.1 Å². The average Bonchev–Trinajstić information content (AvgIpc) is 2.14. The number of rotatable bonds is 3. The summed E-state index contributed by atoms with van der Waals surface area (Å²) in [5.74, 6) is 0. The van der Waals surface area contributed by atoms with Crippen LogP contribution in [-0.2, 0) is 6.54 Å². The van der Waals surface area contributed by atoms with Crippen molar-refractivity contribution >= 4 is 33.3 Å². The number of hydrogen-bond donors (Lipinski definition) is 2. The van der Waals surface area contributed by atoms with Crippen molar-refractivity contribution in [2.75, 3.05) is 0 Å². The highest BCUT2D eigenvalue weighted by atomic mass is 79.9. The molecule has 2 N–H and O–H groups in total. The van der Waals surface area contributed by atoms with Gasteiger partial charge < -0.3 is 10.6 Å². The Labute approximate surface area is 105 Å². The first kappa shape index (κ1) is 12.5. The zero-order chi connectivity index (χ0) is 11.3. The molecule has 0 aliphatic rings. The van der Waals surface area contributed by atoms with Crippen LogP contribution >= 0.6 is 28.1 Å². The molecule has 0 spiro atoms. The molecule has 0 amide bonds. The van der Waals surface area contributed by atoms with Crippen molar-refractivity contribution in [1.29, 1.82) is 0 Å². The monoisotopic (exact) mass is 286 g/mol. The lowest BCUT2D eigenvalue weighted by Gasteiger charge is -2.13. The smallest absolute Gasteiger partial charge is 0.166 e. The predicted molar refractivity (Wildman–Crippen MR) is 71.9 cm³/mol. The molecule has 0 aromatic heterocycles. The molecule has 1 aromatic carbocycles. The van der Waals surface area contributed by atoms with Crippen LogP contribution in [0.3, 0.4) is 0 Å². The molecule has 2 nitrogen and oxygen atoms in total. The van der Waals surface area contributed by atoms with Gasteiger partial charge in [-0.1, -0.05) is 28.1 Å². The van der Waals surface area contributed by atoms with Crippen LogP contribution in [0.5, 0.6) is 0 Å². The van der Waals surface area contributed by atoms with E-state index in [1.165, 1.54) is 5.56 Å². The molecule has 0 aliphatic carbocycles. The lowest BCUT2D eigenvalue weighted by Crippen LogP contribution is -2.38. The molecular formula is C11H15BrN2S. The van der Waals surface area contributed by atoms with Crippen molar-refractivity contribution in [1.82, 2.24) is 10.6 Å². The highest BCUT2D eigenvalue weighted by Crippen LogP contribution is 2.11. The van der Waals surface area contributed by atoms with E-state index in [0.717, 1.165) is 11.0 Å². The third-order valence-electron chi connectivity index (χ3n) is 1.76. The lowest BCUT2D eigenvalue weighted by molar-refractivity contribution is 0.712. The van der Waals surface area contributed by atoms with Crippen LogP contribution < -0.4 is 10.6 Å². The Morgan fingerprint density at radius 2 is 2.20 bits per heavy atom. The molecule has 0 heterocycles. The van der Waals surface area contributed by atoms with Crippen molar-refractivity contribution in [3.05, 3.63) is 34.3 Å². The summed E-state index contributed by atoms with van der Waals surface area (Å²) in [6, 6.07) is 8.53. The summed E-state index contributed by atoms with van der Waals surface area (Å²) < 4.78 is 1.09. The number of benzene rings is 1. The molecule has 0 fully saturated rings. The normalized spacial score (nSPS) is 10.1. The molecule has 0 saturated heterocycles. The van der Waals surface area contributed by atoms with Crippen molar-refractivity contribution in [3.63, 3.8) is 0 Å². The lowest BCUT2D eigenvalue weighted by atomic mass is 10.2. The maximum Gasteiger partial charge on any atom is 0.166 e. The van der Waals surface area contributed by atoms with Gasteiger partial charge in [-0.25, -0.2) is 0 Å². The van der Waals surface area contributed by atoms with Crippen molar-refractivity contribution in [2.45, 2.75) is 26.4 Å². The number of nitrogens with one attached hydrogen (secondary N) is 2. The summed E-state index contributed by atoms with van der Waals surface area (Å²) in [5, 5.41) is 6.99. The van der Waals surface area contributed by atoms with Gasteiger partial charge in [0.25, 0.3) is 0 Å². The molecule has 15 heavy (non-hydrogen) atoms. The van der Waals surface area contributed by atoms with Gasteiger partial charge >= 0.3 is 0 Å². The van der Waals surface area contributed by atoms with E-state index in [2.05, 4.69) is 52.5 Å². The van der Waals surface area contributed by atoms with E-state index in [0.29, 0.717) is 11.2 Å². The van der Waals surface area contributed by atoms with Crippen LogP contribution in [0, 0.1) is 0 Å². The Bertz CT molecular complexity index is 339. The third-order valence-corrected chi connectivity index (χ3v) is 2.52. The van der Waals surface area contributed by atoms with Gasteiger partial charge in [0.1, 0.15) is 0 Å². The van der Waals surface area contributed by atoms with Crippen LogP contribution in [0.2, 0.25) is 0 Å². The van der Waals surface area contributed by atoms with Gasteiger partial charge in [0.15, 0.2) is 5.11 Å². The fraction of sp³-hybridized carbons (Fsp3) is 0.364. The quantitative estimate of drug-likeness (QED) is 0.836. The highest BCUT2D eigenvalue weighted by Gasteiger charge is 1.98. The largest absolute Gasteiger partial charge is 0.361 e. The first-order valence-electron chi connectivity index (χ1n) is 4.86.